The molecule has 0 aromatic rings. The van der Waals surface area contributed by atoms with Crippen LogP contribution in [0.25, 0.3) is 0 Å². The van der Waals surface area contributed by atoms with Crippen molar-refractivity contribution in [3.63, 3.8) is 0 Å². The molecule has 19 heavy (non-hydrogen) atoms. The zero-order valence-electron chi connectivity index (χ0n) is 13.0. The number of nitrogens with one attached hydrogen (secondary N) is 1. The molecule has 1 saturated heterocycles. The average Bonchev–Trinajstić information content (AvgIpc) is 3.11. The highest BCUT2D eigenvalue weighted by molar-refractivity contribution is 5.08. The van der Waals surface area contributed by atoms with Gasteiger partial charge in [0.25, 0.3) is 0 Å². The first-order chi connectivity index (χ1) is 8.84. The van der Waals surface area contributed by atoms with Crippen LogP contribution >= 0.6 is 0 Å². The van der Waals surface area contributed by atoms with Gasteiger partial charge in [0.05, 0.1) is 6.07 Å². The lowest BCUT2D eigenvalue weighted by atomic mass is 9.82. The van der Waals surface area contributed by atoms with E-state index < -0.39 is 0 Å². The molecule has 1 heterocycles. The van der Waals surface area contributed by atoms with Crippen molar-refractivity contribution < 1.29 is 0 Å². The predicted molar refractivity (Wildman–Crippen MR) is 78.8 cm³/mol. The fourth-order valence-electron chi connectivity index (χ4n) is 3.38. The van der Waals surface area contributed by atoms with Gasteiger partial charge in [-0.25, -0.2) is 0 Å². The molecule has 1 aliphatic carbocycles. The Bertz CT molecular complexity index is 353. The van der Waals surface area contributed by atoms with Crippen molar-refractivity contribution in [2.45, 2.75) is 77.4 Å². The van der Waals surface area contributed by atoms with Gasteiger partial charge < -0.3 is 4.90 Å². The number of likely N-dealkylation sites (tertiary alicyclic amines) is 1. The first kappa shape index (κ1) is 14.8. The molecule has 0 spiro atoms. The summed E-state index contributed by atoms with van der Waals surface area (Å²) < 4.78 is 0. The fourth-order valence-corrected chi connectivity index (χ4v) is 3.38. The maximum Gasteiger partial charge on any atom is 0.105 e. The molecule has 0 aromatic carbocycles. The largest absolute Gasteiger partial charge is 0.300 e. The summed E-state index contributed by atoms with van der Waals surface area (Å²) in [4.78, 5) is 2.58. The minimum Gasteiger partial charge on any atom is -0.300 e. The van der Waals surface area contributed by atoms with Gasteiger partial charge in [-0.05, 0) is 57.9 Å². The highest BCUT2D eigenvalue weighted by Crippen LogP contribution is 2.31. The third-order valence-electron chi connectivity index (χ3n) is 4.60. The van der Waals surface area contributed by atoms with Crippen molar-refractivity contribution in [2.24, 2.45) is 5.41 Å². The van der Waals surface area contributed by atoms with Gasteiger partial charge in [-0.15, -0.1) is 0 Å². The average molecular weight is 263 g/mol. The topological polar surface area (TPSA) is 39.1 Å². The second-order valence-corrected chi connectivity index (χ2v) is 7.65. The molecule has 0 bridgehead atoms. The minimum absolute atomic E-state index is 0.359. The zero-order chi connectivity index (χ0) is 14.1. The summed E-state index contributed by atoms with van der Waals surface area (Å²) in [5.74, 6) is 0. The maximum atomic E-state index is 9.48. The molecular formula is C16H29N3. The normalized spacial score (nSPS) is 28.4. The Morgan fingerprint density at radius 2 is 2.16 bits per heavy atom. The summed E-state index contributed by atoms with van der Waals surface area (Å²) in [5, 5.41) is 13.0. The minimum atomic E-state index is -0.359. The van der Waals surface area contributed by atoms with Crippen molar-refractivity contribution >= 4 is 0 Å². The Labute approximate surface area is 118 Å². The molecule has 2 atom stereocenters. The molecule has 3 heteroatoms. The first-order valence-electron chi connectivity index (χ1n) is 7.77. The van der Waals surface area contributed by atoms with E-state index in [0.29, 0.717) is 17.5 Å². The molecule has 0 aromatic heterocycles. The van der Waals surface area contributed by atoms with E-state index in [-0.39, 0.29) is 5.54 Å². The Morgan fingerprint density at radius 3 is 2.68 bits per heavy atom. The van der Waals surface area contributed by atoms with E-state index in [0.717, 1.165) is 6.42 Å². The number of hydrogen-bond donors (Lipinski definition) is 1. The summed E-state index contributed by atoms with van der Waals surface area (Å²) in [6, 6.07) is 3.58. The molecule has 0 radical (unpaired) electrons. The third kappa shape index (κ3) is 4.19. The number of hydrogen-bond acceptors (Lipinski definition) is 3. The van der Waals surface area contributed by atoms with Gasteiger partial charge >= 0.3 is 0 Å². The molecule has 2 rings (SSSR count). The SMILES string of the molecule is CC(CC(C)(C#N)NC1CC1)N1CCCC(C)(C)C1. The van der Waals surface area contributed by atoms with Gasteiger partial charge in [-0.3, -0.25) is 5.32 Å². The van der Waals surface area contributed by atoms with Crippen molar-refractivity contribution in [3.8, 4) is 6.07 Å². The molecule has 1 saturated carbocycles. The van der Waals surface area contributed by atoms with Crippen LogP contribution in [0.5, 0.6) is 0 Å². The molecule has 2 unspecified atom stereocenters. The van der Waals surface area contributed by atoms with Crippen LogP contribution in [0.4, 0.5) is 0 Å². The Morgan fingerprint density at radius 1 is 1.47 bits per heavy atom. The van der Waals surface area contributed by atoms with E-state index in [2.05, 4.69) is 44.0 Å². The molecule has 3 nitrogen and oxygen atoms in total. The monoisotopic (exact) mass is 263 g/mol. The summed E-state index contributed by atoms with van der Waals surface area (Å²) in [6.45, 7) is 11.4. The molecule has 108 valence electrons. The summed E-state index contributed by atoms with van der Waals surface area (Å²) in [7, 11) is 0. The van der Waals surface area contributed by atoms with Crippen molar-refractivity contribution in [3.05, 3.63) is 0 Å². The van der Waals surface area contributed by atoms with Crippen molar-refractivity contribution in [1.29, 1.82) is 5.26 Å². The molecular weight excluding hydrogens is 234 g/mol. The Balaban J connectivity index is 1.91. The van der Waals surface area contributed by atoms with Crippen molar-refractivity contribution in [2.75, 3.05) is 13.1 Å². The third-order valence-corrected chi connectivity index (χ3v) is 4.60. The molecule has 2 fully saturated rings. The van der Waals surface area contributed by atoms with E-state index in [1.54, 1.807) is 0 Å². The first-order valence-corrected chi connectivity index (χ1v) is 7.77. The zero-order valence-corrected chi connectivity index (χ0v) is 13.0. The van der Waals surface area contributed by atoms with Gasteiger partial charge in [0, 0.05) is 18.6 Å². The summed E-state index contributed by atoms with van der Waals surface area (Å²) in [6.07, 6.45) is 6.02. The van der Waals surface area contributed by atoms with Gasteiger partial charge in [0.15, 0.2) is 0 Å². The molecule has 1 N–H and O–H groups in total. The Hall–Kier alpha value is -0.590. The highest BCUT2D eigenvalue weighted by Gasteiger charge is 2.36. The standard InChI is InChI=1S/C16H29N3/c1-13(19-9-5-8-15(2,3)12-19)10-16(4,11-17)18-14-6-7-14/h13-14,18H,5-10,12H2,1-4H3. The molecule has 0 amide bonds. The van der Waals surface area contributed by atoms with Crippen LogP contribution in [0, 0.1) is 16.7 Å². The lowest BCUT2D eigenvalue weighted by molar-refractivity contribution is 0.0731. The predicted octanol–water partition coefficient (Wildman–Crippen LogP) is 2.92. The lowest BCUT2D eigenvalue weighted by Crippen LogP contribution is -2.51. The van der Waals surface area contributed by atoms with Crippen LogP contribution in [-0.4, -0.2) is 35.6 Å². The highest BCUT2D eigenvalue weighted by atomic mass is 15.2. The lowest BCUT2D eigenvalue weighted by Gasteiger charge is -2.42. The smallest absolute Gasteiger partial charge is 0.105 e. The summed E-state index contributed by atoms with van der Waals surface area (Å²) >= 11 is 0. The van der Waals surface area contributed by atoms with Crippen LogP contribution in [-0.2, 0) is 0 Å². The number of nitriles is 1. The van der Waals surface area contributed by atoms with E-state index in [1.165, 1.54) is 38.8 Å². The maximum absolute atomic E-state index is 9.48. The second kappa shape index (κ2) is 5.42. The van der Waals surface area contributed by atoms with Gasteiger partial charge in [0.2, 0.25) is 0 Å². The van der Waals surface area contributed by atoms with Crippen LogP contribution in [0.2, 0.25) is 0 Å². The molecule has 1 aliphatic heterocycles. The number of rotatable bonds is 5. The van der Waals surface area contributed by atoms with Gasteiger partial charge in [-0.2, -0.15) is 5.26 Å². The van der Waals surface area contributed by atoms with E-state index >= 15 is 0 Å². The molecule has 2 aliphatic rings. The van der Waals surface area contributed by atoms with Crippen LogP contribution < -0.4 is 5.32 Å². The van der Waals surface area contributed by atoms with Crippen LogP contribution in [0.15, 0.2) is 0 Å². The quantitative estimate of drug-likeness (QED) is 0.829. The number of nitrogens with zero attached hydrogens (tertiary/aromatic N) is 2. The Kier molecular flexibility index (Phi) is 4.23. The second-order valence-electron chi connectivity index (χ2n) is 7.65. The van der Waals surface area contributed by atoms with E-state index in [4.69, 9.17) is 0 Å². The number of piperidine rings is 1. The van der Waals surface area contributed by atoms with E-state index in [1.807, 2.05) is 0 Å². The van der Waals surface area contributed by atoms with Gasteiger partial charge in [0.1, 0.15) is 5.54 Å². The fraction of sp³-hybridized carbons (Fsp3) is 0.938. The van der Waals surface area contributed by atoms with E-state index in [9.17, 15) is 5.26 Å². The van der Waals surface area contributed by atoms with Gasteiger partial charge in [-0.1, -0.05) is 13.8 Å². The van der Waals surface area contributed by atoms with Crippen LogP contribution in [0.3, 0.4) is 0 Å². The van der Waals surface area contributed by atoms with Crippen LogP contribution in [0.1, 0.15) is 59.8 Å². The van der Waals surface area contributed by atoms with Crippen molar-refractivity contribution in [1.82, 2.24) is 10.2 Å². The summed E-state index contributed by atoms with van der Waals surface area (Å²) in [5.41, 5.74) is 0.0711.